The van der Waals surface area contributed by atoms with Crippen LogP contribution in [0.5, 0.6) is 0 Å². The summed E-state index contributed by atoms with van der Waals surface area (Å²) in [5.41, 5.74) is 6.83. The number of piperidine rings is 1. The van der Waals surface area contributed by atoms with Crippen molar-refractivity contribution in [2.75, 3.05) is 25.5 Å². The zero-order chi connectivity index (χ0) is 20.8. The van der Waals surface area contributed by atoms with E-state index in [1.165, 1.54) is 35.1 Å². The van der Waals surface area contributed by atoms with Gasteiger partial charge >= 0.3 is 12.0 Å². The van der Waals surface area contributed by atoms with Crippen molar-refractivity contribution in [2.45, 2.75) is 22.9 Å². The highest BCUT2D eigenvalue weighted by atomic mass is 32.2. The van der Waals surface area contributed by atoms with Gasteiger partial charge in [-0.25, -0.2) is 9.59 Å². The van der Waals surface area contributed by atoms with Crippen molar-refractivity contribution in [1.29, 1.82) is 0 Å². The number of hydrogen-bond acceptors (Lipinski definition) is 8. The Balaban J connectivity index is 1.51. The lowest BCUT2D eigenvalue weighted by atomic mass is 9.97. The fraction of sp³-hybridized carbons (Fsp3) is 0.389. The van der Waals surface area contributed by atoms with Crippen molar-refractivity contribution in [1.82, 2.24) is 15.1 Å². The van der Waals surface area contributed by atoms with E-state index in [9.17, 15) is 14.4 Å². The number of carbonyl (C=O) groups is 3. The number of anilines is 1. The molecule has 0 unspecified atom stereocenters. The molecule has 2 heterocycles. The van der Waals surface area contributed by atoms with E-state index in [1.807, 2.05) is 12.1 Å². The lowest BCUT2D eigenvalue weighted by Crippen LogP contribution is -2.46. The van der Waals surface area contributed by atoms with Crippen LogP contribution in [0.3, 0.4) is 0 Å². The maximum Gasteiger partial charge on any atom is 0.337 e. The molecule has 1 aromatic heterocycles. The Morgan fingerprint density at radius 2 is 2.07 bits per heavy atom. The maximum atomic E-state index is 12.4. The predicted molar refractivity (Wildman–Crippen MR) is 110 cm³/mol. The molecule has 9 nitrogen and oxygen atoms in total. The van der Waals surface area contributed by atoms with E-state index in [0.29, 0.717) is 36.0 Å². The number of likely N-dealkylation sites (tertiary alicyclic amines) is 1. The minimum Gasteiger partial charge on any atom is -0.465 e. The second-order valence-corrected chi connectivity index (χ2v) is 8.66. The van der Waals surface area contributed by atoms with E-state index in [2.05, 4.69) is 20.3 Å². The Kier molecular flexibility index (Phi) is 7.04. The first-order valence-electron chi connectivity index (χ1n) is 8.95. The first kappa shape index (κ1) is 21.1. The summed E-state index contributed by atoms with van der Waals surface area (Å²) >= 11 is 2.78. The van der Waals surface area contributed by atoms with Crippen molar-refractivity contribution < 1.29 is 19.1 Å². The Labute approximate surface area is 176 Å². The molecule has 1 fully saturated rings. The van der Waals surface area contributed by atoms with Crippen molar-refractivity contribution in [3.63, 3.8) is 0 Å². The molecule has 0 bridgehead atoms. The maximum absolute atomic E-state index is 12.4. The van der Waals surface area contributed by atoms with Gasteiger partial charge in [-0.2, -0.15) is 0 Å². The van der Waals surface area contributed by atoms with Crippen LogP contribution in [0.15, 0.2) is 28.6 Å². The number of carbonyl (C=O) groups excluding carboxylic acids is 3. The van der Waals surface area contributed by atoms with E-state index < -0.39 is 6.03 Å². The van der Waals surface area contributed by atoms with Gasteiger partial charge in [-0.3, -0.25) is 4.79 Å². The Morgan fingerprint density at radius 3 is 2.76 bits per heavy atom. The van der Waals surface area contributed by atoms with Crippen LogP contribution >= 0.6 is 23.1 Å². The van der Waals surface area contributed by atoms with Crippen LogP contribution in [0.25, 0.3) is 0 Å². The first-order valence-corrected chi connectivity index (χ1v) is 10.7. The number of hydrogen-bond donors (Lipinski definition) is 2. The normalized spacial score (nSPS) is 16.3. The summed E-state index contributed by atoms with van der Waals surface area (Å²) in [5, 5.41) is 11.3. The predicted octanol–water partition coefficient (Wildman–Crippen LogP) is 2.35. The molecule has 29 heavy (non-hydrogen) atoms. The Hall–Kier alpha value is -2.66. The van der Waals surface area contributed by atoms with Gasteiger partial charge in [0.25, 0.3) is 0 Å². The molecule has 1 aliphatic heterocycles. The average molecular weight is 436 g/mol. The third-order valence-corrected chi connectivity index (χ3v) is 6.52. The summed E-state index contributed by atoms with van der Waals surface area (Å²) in [5.74, 6) is -0.197. The summed E-state index contributed by atoms with van der Waals surface area (Å²) < 4.78 is 5.40. The van der Waals surface area contributed by atoms with Crippen LogP contribution in [0.4, 0.5) is 9.93 Å². The van der Waals surface area contributed by atoms with E-state index in [0.717, 1.165) is 16.3 Å². The molecule has 154 valence electrons. The van der Waals surface area contributed by atoms with E-state index >= 15 is 0 Å². The standard InChI is InChI=1S/C18H21N5O4S2/c1-27-15(25)12-6-4-11(5-7-12)10-28-18-22-21-17(29-18)20-14(24)13-3-2-8-23(9-13)16(19)26/h4-7,13H,2-3,8-10H2,1H3,(H2,19,26)(H,20,21,24)/t13-/m1/s1. The number of nitrogens with one attached hydrogen (secondary N) is 1. The van der Waals surface area contributed by atoms with Crippen LogP contribution in [0.1, 0.15) is 28.8 Å². The summed E-state index contributed by atoms with van der Waals surface area (Å²) in [6.45, 7) is 0.905. The molecule has 2 aromatic rings. The Bertz CT molecular complexity index is 887. The van der Waals surface area contributed by atoms with Crippen LogP contribution in [-0.2, 0) is 15.3 Å². The minimum absolute atomic E-state index is 0.179. The van der Waals surface area contributed by atoms with Crippen LogP contribution in [-0.4, -0.2) is 53.2 Å². The number of nitrogens with zero attached hydrogens (tertiary/aromatic N) is 3. The number of urea groups is 1. The topological polar surface area (TPSA) is 128 Å². The molecular formula is C18H21N5O4S2. The zero-order valence-electron chi connectivity index (χ0n) is 15.8. The smallest absolute Gasteiger partial charge is 0.337 e. The number of benzene rings is 1. The number of rotatable bonds is 6. The number of methoxy groups -OCH3 is 1. The first-order chi connectivity index (χ1) is 14.0. The second-order valence-electron chi connectivity index (χ2n) is 6.46. The number of ether oxygens (including phenoxy) is 1. The van der Waals surface area contributed by atoms with E-state index in [-0.39, 0.29) is 17.8 Å². The zero-order valence-corrected chi connectivity index (χ0v) is 17.4. The van der Waals surface area contributed by atoms with Gasteiger partial charge in [0.15, 0.2) is 4.34 Å². The van der Waals surface area contributed by atoms with Crippen molar-refractivity contribution in [3.8, 4) is 0 Å². The van der Waals surface area contributed by atoms with E-state index in [1.54, 1.807) is 12.1 Å². The molecule has 3 amide bonds. The van der Waals surface area contributed by atoms with Crippen LogP contribution in [0, 0.1) is 5.92 Å². The molecular weight excluding hydrogens is 414 g/mol. The molecule has 11 heteroatoms. The summed E-state index contributed by atoms with van der Waals surface area (Å²) in [6, 6.07) is 6.64. The molecule has 1 atom stereocenters. The van der Waals surface area contributed by atoms with Gasteiger partial charge in [-0.1, -0.05) is 35.2 Å². The Morgan fingerprint density at radius 1 is 1.31 bits per heavy atom. The summed E-state index contributed by atoms with van der Waals surface area (Å²) in [4.78, 5) is 36.7. The molecule has 0 spiro atoms. The fourth-order valence-electron chi connectivity index (χ4n) is 2.92. The molecule has 3 rings (SSSR count). The highest BCUT2D eigenvalue weighted by molar-refractivity contribution is 8.00. The molecule has 3 N–H and O–H groups in total. The number of esters is 1. The lowest BCUT2D eigenvalue weighted by molar-refractivity contribution is -0.121. The molecule has 1 aromatic carbocycles. The molecule has 0 radical (unpaired) electrons. The van der Waals surface area contributed by atoms with Gasteiger partial charge in [0.2, 0.25) is 11.0 Å². The highest BCUT2D eigenvalue weighted by Crippen LogP contribution is 2.29. The number of thioether (sulfide) groups is 1. The molecule has 1 saturated heterocycles. The SMILES string of the molecule is COC(=O)c1ccc(CSc2nnc(NC(=O)[C@@H]3CCCN(C(N)=O)C3)s2)cc1. The third-order valence-electron chi connectivity index (χ3n) is 4.48. The number of primary amides is 1. The molecule has 0 aliphatic carbocycles. The summed E-state index contributed by atoms with van der Waals surface area (Å²) in [7, 11) is 1.35. The van der Waals surface area contributed by atoms with E-state index in [4.69, 9.17) is 5.73 Å². The van der Waals surface area contributed by atoms with Gasteiger partial charge in [-0.05, 0) is 30.5 Å². The number of aromatic nitrogens is 2. The fourth-order valence-corrected chi connectivity index (χ4v) is 4.63. The molecule has 0 saturated carbocycles. The number of amides is 3. The lowest BCUT2D eigenvalue weighted by Gasteiger charge is -2.30. The van der Waals surface area contributed by atoms with Gasteiger partial charge in [0.1, 0.15) is 0 Å². The van der Waals surface area contributed by atoms with Crippen molar-refractivity contribution in [2.24, 2.45) is 11.7 Å². The largest absolute Gasteiger partial charge is 0.465 e. The van der Waals surface area contributed by atoms with Crippen LogP contribution < -0.4 is 11.1 Å². The second kappa shape index (κ2) is 9.70. The van der Waals surface area contributed by atoms with Gasteiger partial charge in [0, 0.05) is 18.8 Å². The third kappa shape index (κ3) is 5.67. The summed E-state index contributed by atoms with van der Waals surface area (Å²) in [6.07, 6.45) is 1.45. The van der Waals surface area contributed by atoms with Crippen molar-refractivity contribution >= 4 is 46.1 Å². The quantitative estimate of drug-likeness (QED) is 0.405. The van der Waals surface area contributed by atoms with Gasteiger partial charge in [-0.15, -0.1) is 10.2 Å². The monoisotopic (exact) mass is 435 g/mol. The van der Waals surface area contributed by atoms with Gasteiger partial charge < -0.3 is 20.7 Å². The van der Waals surface area contributed by atoms with Gasteiger partial charge in [0.05, 0.1) is 18.6 Å². The highest BCUT2D eigenvalue weighted by Gasteiger charge is 2.28. The molecule has 1 aliphatic rings. The number of nitrogens with two attached hydrogens (primary N) is 1. The minimum atomic E-state index is -0.503. The van der Waals surface area contributed by atoms with Crippen molar-refractivity contribution in [3.05, 3.63) is 35.4 Å². The van der Waals surface area contributed by atoms with Crippen LogP contribution in [0.2, 0.25) is 0 Å². The average Bonchev–Trinajstić information content (AvgIpc) is 3.19.